The Kier molecular flexibility index (Phi) is 5.67. The zero-order valence-corrected chi connectivity index (χ0v) is 10.9. The first-order valence-corrected chi connectivity index (χ1v) is 6.95. The minimum Gasteiger partial charge on any atom is -0.385 e. The van der Waals surface area contributed by atoms with Crippen LogP contribution in [0.5, 0.6) is 0 Å². The summed E-state index contributed by atoms with van der Waals surface area (Å²) in [5, 5.41) is 0. The van der Waals surface area contributed by atoms with Crippen LogP contribution in [0.15, 0.2) is 29.2 Å². The number of methoxy groups -OCH3 is 1. The van der Waals surface area contributed by atoms with Crippen LogP contribution in [0.4, 0.5) is 4.39 Å². The Balaban J connectivity index is 2.77. The van der Waals surface area contributed by atoms with Crippen LogP contribution in [0.1, 0.15) is 6.42 Å². The number of ether oxygens (including phenoxy) is 1. The highest BCUT2D eigenvalue weighted by Gasteiger charge is 2.18. The molecule has 0 saturated carbocycles. The smallest absolute Gasteiger partial charge is 0.240 e. The number of hydrogen-bond donors (Lipinski definition) is 2. The van der Waals surface area contributed by atoms with E-state index in [4.69, 9.17) is 10.5 Å². The van der Waals surface area contributed by atoms with Gasteiger partial charge in [0.1, 0.15) is 5.82 Å². The summed E-state index contributed by atoms with van der Waals surface area (Å²) in [5.41, 5.74) is 5.48. The first-order valence-electron chi connectivity index (χ1n) is 5.46. The summed E-state index contributed by atoms with van der Waals surface area (Å²) < 4.78 is 43.9. The van der Waals surface area contributed by atoms with Crippen LogP contribution in [0.2, 0.25) is 0 Å². The maximum Gasteiger partial charge on any atom is 0.240 e. The van der Waals surface area contributed by atoms with E-state index in [-0.39, 0.29) is 11.4 Å². The highest BCUT2D eigenvalue weighted by molar-refractivity contribution is 7.89. The molecule has 0 amide bonds. The van der Waals surface area contributed by atoms with Crippen molar-refractivity contribution < 1.29 is 17.5 Å². The summed E-state index contributed by atoms with van der Waals surface area (Å²) in [5.74, 6) is -0.483. The van der Waals surface area contributed by atoms with E-state index >= 15 is 0 Å². The fraction of sp³-hybridized carbons (Fsp3) is 0.455. The lowest BCUT2D eigenvalue weighted by Gasteiger charge is -2.16. The molecule has 0 fully saturated rings. The molecule has 0 radical (unpaired) electrons. The van der Waals surface area contributed by atoms with Gasteiger partial charge in [0.2, 0.25) is 10.0 Å². The van der Waals surface area contributed by atoms with Crippen LogP contribution < -0.4 is 10.5 Å². The van der Waals surface area contributed by atoms with Crippen molar-refractivity contribution >= 4 is 10.0 Å². The van der Waals surface area contributed by atoms with Crippen molar-refractivity contribution in [1.29, 1.82) is 0 Å². The second-order valence-electron chi connectivity index (χ2n) is 3.79. The monoisotopic (exact) mass is 276 g/mol. The van der Waals surface area contributed by atoms with Crippen molar-refractivity contribution in [2.75, 3.05) is 20.3 Å². The first kappa shape index (κ1) is 15.0. The van der Waals surface area contributed by atoms with Crippen molar-refractivity contribution in [1.82, 2.24) is 4.72 Å². The predicted octanol–water partition coefficient (Wildman–Crippen LogP) is 0.468. The van der Waals surface area contributed by atoms with E-state index in [2.05, 4.69) is 4.72 Å². The van der Waals surface area contributed by atoms with E-state index in [0.717, 1.165) is 12.1 Å². The van der Waals surface area contributed by atoms with Gasteiger partial charge >= 0.3 is 0 Å². The van der Waals surface area contributed by atoms with Crippen LogP contribution >= 0.6 is 0 Å². The lowest BCUT2D eigenvalue weighted by atomic mass is 10.2. The van der Waals surface area contributed by atoms with Crippen molar-refractivity contribution in [2.45, 2.75) is 17.4 Å². The Bertz CT molecular complexity index is 462. The molecule has 0 aliphatic rings. The van der Waals surface area contributed by atoms with Crippen LogP contribution in [0.25, 0.3) is 0 Å². The number of nitrogens with one attached hydrogen (secondary N) is 1. The minimum atomic E-state index is -3.67. The molecule has 1 atom stereocenters. The highest BCUT2D eigenvalue weighted by Crippen LogP contribution is 2.10. The standard InChI is InChI=1S/C11H17FN2O3S/c1-17-7-6-10(8-13)14-18(15,16)11-4-2-9(12)3-5-11/h2-5,10,14H,6-8,13H2,1H3. The summed E-state index contributed by atoms with van der Waals surface area (Å²) in [6.45, 7) is 0.581. The molecule has 1 aromatic carbocycles. The van der Waals surface area contributed by atoms with Gasteiger partial charge in [-0.1, -0.05) is 0 Å². The molecule has 102 valence electrons. The third kappa shape index (κ3) is 4.34. The quantitative estimate of drug-likeness (QED) is 0.758. The number of hydrogen-bond acceptors (Lipinski definition) is 4. The molecule has 7 heteroatoms. The highest BCUT2D eigenvalue weighted by atomic mass is 32.2. The molecule has 1 rings (SSSR count). The number of halogens is 1. The van der Waals surface area contributed by atoms with E-state index in [0.29, 0.717) is 13.0 Å². The van der Waals surface area contributed by atoms with Crippen LogP contribution in [0.3, 0.4) is 0 Å². The molecular weight excluding hydrogens is 259 g/mol. The zero-order valence-electron chi connectivity index (χ0n) is 10.1. The van der Waals surface area contributed by atoms with E-state index in [1.165, 1.54) is 19.2 Å². The molecule has 0 aromatic heterocycles. The molecule has 1 unspecified atom stereocenters. The van der Waals surface area contributed by atoms with Crippen molar-refractivity contribution in [2.24, 2.45) is 5.73 Å². The van der Waals surface area contributed by atoms with Crippen LogP contribution in [0, 0.1) is 5.82 Å². The number of benzene rings is 1. The number of sulfonamides is 1. The topological polar surface area (TPSA) is 81.4 Å². The fourth-order valence-electron chi connectivity index (χ4n) is 1.39. The van der Waals surface area contributed by atoms with Crippen LogP contribution in [-0.2, 0) is 14.8 Å². The lowest BCUT2D eigenvalue weighted by Crippen LogP contribution is -2.40. The molecule has 0 spiro atoms. The normalized spacial score (nSPS) is 13.5. The molecule has 5 nitrogen and oxygen atoms in total. The van der Waals surface area contributed by atoms with Gasteiger partial charge in [0.15, 0.2) is 0 Å². The summed E-state index contributed by atoms with van der Waals surface area (Å²) in [6, 6.07) is 4.21. The SMILES string of the molecule is COCCC(CN)NS(=O)(=O)c1ccc(F)cc1. The third-order valence-electron chi connectivity index (χ3n) is 2.40. The molecule has 0 bridgehead atoms. The zero-order chi connectivity index (χ0) is 13.6. The van der Waals surface area contributed by atoms with Crippen molar-refractivity contribution in [3.8, 4) is 0 Å². The van der Waals surface area contributed by atoms with E-state index in [1.54, 1.807) is 0 Å². The van der Waals surface area contributed by atoms with Gasteiger partial charge in [-0.3, -0.25) is 0 Å². The van der Waals surface area contributed by atoms with E-state index < -0.39 is 21.9 Å². The Morgan fingerprint density at radius 3 is 2.50 bits per heavy atom. The fourth-order valence-corrected chi connectivity index (χ4v) is 2.67. The molecule has 0 heterocycles. The van der Waals surface area contributed by atoms with Gasteiger partial charge in [-0.05, 0) is 30.7 Å². The summed E-state index contributed by atoms with van der Waals surface area (Å²) in [6.07, 6.45) is 0.480. The Morgan fingerprint density at radius 1 is 1.39 bits per heavy atom. The van der Waals surface area contributed by atoms with Gasteiger partial charge in [-0.2, -0.15) is 0 Å². The molecular formula is C11H17FN2O3S. The number of nitrogens with two attached hydrogens (primary N) is 1. The first-order chi connectivity index (χ1) is 8.49. The summed E-state index contributed by atoms with van der Waals surface area (Å²) in [7, 11) is -2.14. The van der Waals surface area contributed by atoms with E-state index in [1.807, 2.05) is 0 Å². The second kappa shape index (κ2) is 6.79. The molecule has 3 N–H and O–H groups in total. The second-order valence-corrected chi connectivity index (χ2v) is 5.50. The van der Waals surface area contributed by atoms with Gasteiger partial charge in [0, 0.05) is 26.3 Å². The minimum absolute atomic E-state index is 0.0137. The summed E-state index contributed by atoms with van der Waals surface area (Å²) in [4.78, 5) is 0.0137. The largest absolute Gasteiger partial charge is 0.385 e. The van der Waals surface area contributed by atoms with Gasteiger partial charge < -0.3 is 10.5 Å². The lowest BCUT2D eigenvalue weighted by molar-refractivity contribution is 0.186. The third-order valence-corrected chi connectivity index (χ3v) is 3.94. The Hall–Kier alpha value is -1.02. The van der Waals surface area contributed by atoms with Crippen molar-refractivity contribution in [3.63, 3.8) is 0 Å². The molecule has 18 heavy (non-hydrogen) atoms. The van der Waals surface area contributed by atoms with E-state index in [9.17, 15) is 12.8 Å². The van der Waals surface area contributed by atoms with Gasteiger partial charge in [0.05, 0.1) is 4.90 Å². The number of rotatable bonds is 7. The Morgan fingerprint density at radius 2 is 2.00 bits per heavy atom. The summed E-state index contributed by atoms with van der Waals surface area (Å²) >= 11 is 0. The van der Waals surface area contributed by atoms with Crippen molar-refractivity contribution in [3.05, 3.63) is 30.1 Å². The maximum atomic E-state index is 12.7. The Labute approximate surface area is 106 Å². The average molecular weight is 276 g/mol. The molecule has 0 aliphatic heterocycles. The van der Waals surface area contributed by atoms with Gasteiger partial charge in [-0.15, -0.1) is 0 Å². The van der Waals surface area contributed by atoms with Gasteiger partial charge in [-0.25, -0.2) is 17.5 Å². The predicted molar refractivity (Wildman–Crippen MR) is 66.1 cm³/mol. The maximum absolute atomic E-state index is 12.7. The molecule has 0 saturated heterocycles. The average Bonchev–Trinajstić information content (AvgIpc) is 2.35. The van der Waals surface area contributed by atoms with Crippen LogP contribution in [-0.4, -0.2) is 34.7 Å². The van der Waals surface area contributed by atoms with Gasteiger partial charge in [0.25, 0.3) is 0 Å². The molecule has 0 aliphatic carbocycles. The molecule has 1 aromatic rings.